The minimum Gasteiger partial charge on any atom is -0.354 e. The first-order valence-corrected chi connectivity index (χ1v) is 6.05. The van der Waals surface area contributed by atoms with Crippen molar-refractivity contribution < 1.29 is 4.79 Å². The first-order chi connectivity index (χ1) is 7.88. The molecule has 0 heterocycles. The minimum absolute atomic E-state index is 0. The molecule has 18 heavy (non-hydrogen) atoms. The largest absolute Gasteiger partial charge is 0.354 e. The highest BCUT2D eigenvalue weighted by Crippen LogP contribution is 2.35. The van der Waals surface area contributed by atoms with E-state index in [9.17, 15) is 4.79 Å². The van der Waals surface area contributed by atoms with Gasteiger partial charge in [0.1, 0.15) is 0 Å². The quantitative estimate of drug-likeness (QED) is 0.898. The maximum absolute atomic E-state index is 11.2. The summed E-state index contributed by atoms with van der Waals surface area (Å²) < 4.78 is 0. The zero-order chi connectivity index (χ0) is 13.1. The fourth-order valence-corrected chi connectivity index (χ4v) is 2.53. The summed E-state index contributed by atoms with van der Waals surface area (Å²) in [7, 11) is 0. The topological polar surface area (TPSA) is 55.1 Å². The van der Waals surface area contributed by atoms with Crippen molar-refractivity contribution >= 4 is 41.5 Å². The standard InChI is InChI=1S/C12H16Cl2N2O.ClH/c1-12(2,7-16-10(17)6-15)11-8(13)4-3-5-9(11)14;/h3-5H,6-7,15H2,1-2H3,(H,16,17);1H. The van der Waals surface area contributed by atoms with Crippen LogP contribution in [0.4, 0.5) is 0 Å². The molecule has 0 fully saturated rings. The molecule has 0 aromatic heterocycles. The molecule has 0 unspecified atom stereocenters. The highest BCUT2D eigenvalue weighted by Gasteiger charge is 2.26. The lowest BCUT2D eigenvalue weighted by Crippen LogP contribution is -2.39. The molecule has 1 aromatic carbocycles. The number of halogens is 3. The van der Waals surface area contributed by atoms with E-state index in [1.165, 1.54) is 0 Å². The summed E-state index contributed by atoms with van der Waals surface area (Å²) in [6.45, 7) is 4.35. The van der Waals surface area contributed by atoms with Crippen LogP contribution in [0.15, 0.2) is 18.2 Å². The van der Waals surface area contributed by atoms with Crippen LogP contribution >= 0.6 is 35.6 Å². The molecule has 3 nitrogen and oxygen atoms in total. The third-order valence-electron chi connectivity index (χ3n) is 2.55. The third kappa shape index (κ3) is 4.32. The summed E-state index contributed by atoms with van der Waals surface area (Å²) >= 11 is 12.3. The molecule has 1 aromatic rings. The van der Waals surface area contributed by atoms with Gasteiger partial charge in [0.2, 0.25) is 5.91 Å². The van der Waals surface area contributed by atoms with Crippen molar-refractivity contribution in [1.82, 2.24) is 5.32 Å². The van der Waals surface area contributed by atoms with E-state index in [1.54, 1.807) is 18.2 Å². The van der Waals surface area contributed by atoms with Crippen LogP contribution in [0, 0.1) is 0 Å². The van der Waals surface area contributed by atoms with Crippen molar-refractivity contribution in [3.63, 3.8) is 0 Å². The fourth-order valence-electron chi connectivity index (χ4n) is 1.62. The van der Waals surface area contributed by atoms with Crippen LogP contribution in [0.3, 0.4) is 0 Å². The molecule has 0 saturated carbocycles. The SMILES string of the molecule is CC(C)(CNC(=O)CN)c1c(Cl)cccc1Cl.Cl. The number of amides is 1. The van der Waals surface area contributed by atoms with Gasteiger partial charge in [-0.2, -0.15) is 0 Å². The van der Waals surface area contributed by atoms with Gasteiger partial charge >= 0.3 is 0 Å². The Morgan fingerprint density at radius 1 is 1.33 bits per heavy atom. The molecule has 0 spiro atoms. The van der Waals surface area contributed by atoms with Gasteiger partial charge in [0.25, 0.3) is 0 Å². The van der Waals surface area contributed by atoms with Crippen LogP contribution in [0.25, 0.3) is 0 Å². The average molecular weight is 312 g/mol. The van der Waals surface area contributed by atoms with E-state index < -0.39 is 0 Å². The van der Waals surface area contributed by atoms with Gasteiger partial charge in [-0.3, -0.25) is 4.79 Å². The van der Waals surface area contributed by atoms with Gasteiger partial charge in [-0.15, -0.1) is 12.4 Å². The number of nitrogens with two attached hydrogens (primary N) is 1. The Kier molecular flexibility index (Phi) is 7.00. The van der Waals surface area contributed by atoms with Crippen molar-refractivity contribution in [2.45, 2.75) is 19.3 Å². The Labute approximate surface area is 123 Å². The van der Waals surface area contributed by atoms with E-state index in [2.05, 4.69) is 5.32 Å². The molecular formula is C12H17Cl3N2O. The zero-order valence-corrected chi connectivity index (χ0v) is 12.6. The molecular weight excluding hydrogens is 295 g/mol. The van der Waals surface area contributed by atoms with E-state index in [1.807, 2.05) is 13.8 Å². The zero-order valence-electron chi connectivity index (χ0n) is 10.3. The summed E-state index contributed by atoms with van der Waals surface area (Å²) in [4.78, 5) is 11.2. The van der Waals surface area contributed by atoms with Gasteiger partial charge in [0.15, 0.2) is 0 Å². The summed E-state index contributed by atoms with van der Waals surface area (Å²) in [5, 5.41) is 3.95. The molecule has 0 atom stereocenters. The lowest BCUT2D eigenvalue weighted by atomic mass is 9.84. The second-order valence-corrected chi connectivity index (χ2v) is 5.28. The van der Waals surface area contributed by atoms with E-state index >= 15 is 0 Å². The van der Waals surface area contributed by atoms with Gasteiger partial charge in [0, 0.05) is 22.0 Å². The van der Waals surface area contributed by atoms with Crippen LogP contribution in [0.1, 0.15) is 19.4 Å². The summed E-state index contributed by atoms with van der Waals surface area (Å²) in [5.74, 6) is -0.193. The van der Waals surface area contributed by atoms with Gasteiger partial charge in [-0.05, 0) is 17.7 Å². The van der Waals surface area contributed by atoms with E-state index in [4.69, 9.17) is 28.9 Å². The monoisotopic (exact) mass is 310 g/mol. The lowest BCUT2D eigenvalue weighted by Gasteiger charge is -2.27. The molecule has 0 bridgehead atoms. The molecule has 0 aliphatic carbocycles. The lowest BCUT2D eigenvalue weighted by molar-refractivity contribution is -0.119. The fraction of sp³-hybridized carbons (Fsp3) is 0.417. The van der Waals surface area contributed by atoms with E-state index in [-0.39, 0.29) is 30.3 Å². The number of carbonyl (C=O) groups is 1. The number of hydrogen-bond acceptors (Lipinski definition) is 2. The normalized spacial score (nSPS) is 10.7. The molecule has 3 N–H and O–H groups in total. The molecule has 102 valence electrons. The van der Waals surface area contributed by atoms with Crippen molar-refractivity contribution in [3.05, 3.63) is 33.8 Å². The predicted octanol–water partition coefficient (Wildman–Crippen LogP) is 2.77. The maximum atomic E-state index is 11.2. The van der Waals surface area contributed by atoms with Crippen LogP contribution < -0.4 is 11.1 Å². The van der Waals surface area contributed by atoms with Crippen molar-refractivity contribution in [2.75, 3.05) is 13.1 Å². The second kappa shape index (κ2) is 7.19. The van der Waals surface area contributed by atoms with E-state index in [0.29, 0.717) is 16.6 Å². The maximum Gasteiger partial charge on any atom is 0.233 e. The smallest absolute Gasteiger partial charge is 0.233 e. The number of benzene rings is 1. The van der Waals surface area contributed by atoms with E-state index in [0.717, 1.165) is 5.56 Å². The Morgan fingerprint density at radius 3 is 2.28 bits per heavy atom. The molecule has 0 aliphatic heterocycles. The number of nitrogens with one attached hydrogen (secondary N) is 1. The van der Waals surface area contributed by atoms with Crippen molar-refractivity contribution in [1.29, 1.82) is 0 Å². The first kappa shape index (κ1) is 17.5. The highest BCUT2D eigenvalue weighted by molar-refractivity contribution is 6.36. The van der Waals surface area contributed by atoms with Crippen LogP contribution in [-0.2, 0) is 10.2 Å². The Bertz CT molecular complexity index is 402. The van der Waals surface area contributed by atoms with Gasteiger partial charge in [-0.1, -0.05) is 43.1 Å². The molecule has 1 rings (SSSR count). The van der Waals surface area contributed by atoms with Crippen molar-refractivity contribution in [2.24, 2.45) is 5.73 Å². The molecule has 1 amide bonds. The number of rotatable bonds is 4. The first-order valence-electron chi connectivity index (χ1n) is 5.30. The van der Waals surface area contributed by atoms with Crippen molar-refractivity contribution in [3.8, 4) is 0 Å². The minimum atomic E-state index is -0.347. The number of hydrogen-bond donors (Lipinski definition) is 2. The van der Waals surface area contributed by atoms with Crippen LogP contribution in [0.5, 0.6) is 0 Å². The highest BCUT2D eigenvalue weighted by atomic mass is 35.5. The molecule has 0 aliphatic rings. The average Bonchev–Trinajstić information content (AvgIpc) is 2.25. The Morgan fingerprint density at radius 2 is 1.83 bits per heavy atom. The van der Waals surface area contributed by atoms with Gasteiger partial charge in [0.05, 0.1) is 6.54 Å². The Hall–Kier alpha value is -0.480. The number of carbonyl (C=O) groups excluding carboxylic acids is 1. The van der Waals surface area contributed by atoms with Crippen LogP contribution in [0.2, 0.25) is 10.0 Å². The second-order valence-electron chi connectivity index (χ2n) is 4.46. The molecule has 6 heteroatoms. The van der Waals surface area contributed by atoms with Gasteiger partial charge in [-0.25, -0.2) is 0 Å². The summed E-state index contributed by atoms with van der Waals surface area (Å²) in [6.07, 6.45) is 0. The predicted molar refractivity (Wildman–Crippen MR) is 78.8 cm³/mol. The summed E-state index contributed by atoms with van der Waals surface area (Å²) in [5.41, 5.74) is 5.72. The molecule has 0 radical (unpaired) electrons. The Balaban J connectivity index is 0.00000289. The third-order valence-corrected chi connectivity index (χ3v) is 3.18. The summed E-state index contributed by atoms with van der Waals surface area (Å²) in [6, 6.07) is 5.37. The van der Waals surface area contributed by atoms with Gasteiger partial charge < -0.3 is 11.1 Å². The van der Waals surface area contributed by atoms with Crippen LogP contribution in [-0.4, -0.2) is 19.0 Å². The molecule has 0 saturated heterocycles.